The number of aliphatic hydroxyl groups is 1. The van der Waals surface area contributed by atoms with Crippen LogP contribution in [0.3, 0.4) is 0 Å². The number of hydrogen-bond donors (Lipinski definition) is 2. The summed E-state index contributed by atoms with van der Waals surface area (Å²) in [7, 11) is -9.16. The summed E-state index contributed by atoms with van der Waals surface area (Å²) in [4.78, 5) is 0. The zero-order chi connectivity index (χ0) is 30.9. The van der Waals surface area contributed by atoms with E-state index < -0.39 is 49.2 Å². The molecule has 0 heterocycles. The van der Waals surface area contributed by atoms with Gasteiger partial charge in [-0.2, -0.15) is 0 Å². The van der Waals surface area contributed by atoms with Gasteiger partial charge in [0.1, 0.15) is 0 Å². The Labute approximate surface area is 250 Å². The number of rotatable bonds is 26. The first-order valence-corrected chi connectivity index (χ1v) is 27.5. The molecule has 40 heavy (non-hydrogen) atoms. The lowest BCUT2D eigenvalue weighted by molar-refractivity contribution is 0.0367. The van der Waals surface area contributed by atoms with Gasteiger partial charge in [-0.05, 0) is 85.5 Å². The number of aliphatic hydroxyl groups excluding tert-OH is 1. The van der Waals surface area contributed by atoms with E-state index >= 15 is 0 Å². The molecule has 2 unspecified atom stereocenters. The molecule has 0 aromatic carbocycles. The molecular formula is C24H61NO10Si5. The minimum Gasteiger partial charge on any atom is -0.437 e. The second-order valence-corrected chi connectivity index (χ2v) is 28.9. The fraction of sp³-hybridized carbons (Fsp3) is 1.00. The highest BCUT2D eigenvalue weighted by atomic mass is 28.5. The summed E-state index contributed by atoms with van der Waals surface area (Å²) in [6, 6.07) is 1.44. The average Bonchev–Trinajstić information content (AvgIpc) is 2.82. The van der Waals surface area contributed by atoms with Gasteiger partial charge in [-0.1, -0.05) is 0 Å². The van der Waals surface area contributed by atoms with E-state index in [4.69, 9.17) is 39.2 Å². The summed E-state index contributed by atoms with van der Waals surface area (Å²) in [6.07, 6.45) is 0.977. The van der Waals surface area contributed by atoms with Crippen LogP contribution in [0.2, 0.25) is 57.9 Å². The molecular weight excluding hydrogens is 603 g/mol. The van der Waals surface area contributed by atoms with Crippen molar-refractivity contribution in [2.45, 2.75) is 97.6 Å². The van der Waals surface area contributed by atoms with E-state index in [2.05, 4.69) is 44.6 Å². The Morgan fingerprint density at radius 2 is 1.27 bits per heavy atom. The molecule has 0 aliphatic rings. The molecule has 0 spiro atoms. The molecule has 0 rings (SSSR count). The van der Waals surface area contributed by atoms with Crippen molar-refractivity contribution >= 4 is 43.0 Å². The molecule has 0 fully saturated rings. The van der Waals surface area contributed by atoms with E-state index in [0.717, 1.165) is 25.4 Å². The summed E-state index contributed by atoms with van der Waals surface area (Å²) in [5.74, 6) is 0. The Hall–Kier alpha value is 0.644. The Bertz CT molecular complexity index is 641. The lowest BCUT2D eigenvalue weighted by Crippen LogP contribution is -2.59. The molecule has 0 aromatic heterocycles. The quantitative estimate of drug-likeness (QED) is 0.102. The van der Waals surface area contributed by atoms with E-state index in [-0.39, 0.29) is 6.61 Å². The first-order chi connectivity index (χ1) is 18.5. The first-order valence-electron chi connectivity index (χ1n) is 14.6. The Morgan fingerprint density at radius 3 is 1.75 bits per heavy atom. The van der Waals surface area contributed by atoms with Gasteiger partial charge in [0.25, 0.3) is 0 Å². The van der Waals surface area contributed by atoms with Crippen LogP contribution >= 0.6 is 0 Å². The van der Waals surface area contributed by atoms with Crippen molar-refractivity contribution in [3.63, 3.8) is 0 Å². The zero-order valence-corrected chi connectivity index (χ0v) is 32.5. The molecule has 0 aromatic rings. The summed E-state index contributed by atoms with van der Waals surface area (Å²) in [5, 5.41) is 13.7. The second-order valence-electron chi connectivity index (χ2n) is 11.3. The third-order valence-electron chi connectivity index (χ3n) is 5.70. The highest BCUT2D eigenvalue weighted by molar-refractivity contribution is 6.88. The van der Waals surface area contributed by atoms with Crippen LogP contribution in [0.5, 0.6) is 0 Å². The average molecular weight is 664 g/mol. The summed E-state index contributed by atoms with van der Waals surface area (Å²) in [6.45, 7) is 24.1. The van der Waals surface area contributed by atoms with Crippen molar-refractivity contribution in [2.24, 2.45) is 0 Å². The van der Waals surface area contributed by atoms with E-state index in [1.54, 1.807) is 14.2 Å². The van der Waals surface area contributed by atoms with Crippen molar-refractivity contribution in [3.8, 4) is 0 Å². The monoisotopic (exact) mass is 663 g/mol. The first kappa shape index (κ1) is 40.6. The topological polar surface area (TPSA) is 115 Å². The molecule has 16 heteroatoms. The molecule has 0 amide bonds. The summed E-state index contributed by atoms with van der Waals surface area (Å²) >= 11 is 0. The maximum absolute atomic E-state index is 10.4. The van der Waals surface area contributed by atoms with Gasteiger partial charge in [-0.15, -0.1) is 0 Å². The van der Waals surface area contributed by atoms with Crippen molar-refractivity contribution in [1.82, 2.24) is 5.32 Å². The van der Waals surface area contributed by atoms with Crippen LogP contribution in [0.15, 0.2) is 0 Å². The van der Waals surface area contributed by atoms with Gasteiger partial charge < -0.3 is 49.6 Å². The third kappa shape index (κ3) is 18.3. The van der Waals surface area contributed by atoms with Crippen LogP contribution in [0, 0.1) is 0 Å². The van der Waals surface area contributed by atoms with Crippen molar-refractivity contribution < 1.29 is 44.3 Å². The molecule has 2 N–H and O–H groups in total. The molecule has 0 bridgehead atoms. The standard InChI is InChI=1S/C24H61NO10Si5/c1-13-30-40(31-14-2,32-15-3)21-16-18-25-22-24(26)23-29-19-17-20-38(11,35-39(12,27-4)28-5)34-37(9,10)33-36(6,7)8/h24-26H,13-23H2,1-12H3. The van der Waals surface area contributed by atoms with Crippen LogP contribution in [0.4, 0.5) is 0 Å². The number of nitrogens with one attached hydrogen (secondary N) is 1. The fourth-order valence-electron chi connectivity index (χ4n) is 4.43. The molecule has 242 valence electrons. The molecule has 0 aliphatic heterocycles. The van der Waals surface area contributed by atoms with Crippen LogP contribution in [-0.4, -0.2) is 115 Å². The Morgan fingerprint density at radius 1 is 0.725 bits per heavy atom. The normalized spacial score (nSPS) is 15.8. The van der Waals surface area contributed by atoms with Gasteiger partial charge in [0.15, 0.2) is 8.32 Å². The SMILES string of the molecule is CCO[Si](CCCNCC(O)COCCC[Si](C)(O[Si](C)(C)O[Si](C)(C)C)O[Si](C)(OC)OC)(OCC)OCC. The van der Waals surface area contributed by atoms with Crippen LogP contribution in [-0.2, 0) is 39.2 Å². The minimum absolute atomic E-state index is 0.254. The zero-order valence-electron chi connectivity index (χ0n) is 27.5. The summed E-state index contributed by atoms with van der Waals surface area (Å²) in [5.41, 5.74) is 0. The molecule has 0 saturated carbocycles. The second kappa shape index (κ2) is 19.8. The molecule has 11 nitrogen and oxygen atoms in total. The van der Waals surface area contributed by atoms with Crippen molar-refractivity contribution in [2.75, 3.05) is 60.3 Å². The highest BCUT2D eigenvalue weighted by Crippen LogP contribution is 2.28. The van der Waals surface area contributed by atoms with Gasteiger partial charge in [0, 0.05) is 59.8 Å². The van der Waals surface area contributed by atoms with Crippen LogP contribution < -0.4 is 5.32 Å². The predicted octanol–water partition coefficient (Wildman–Crippen LogP) is 4.30. The van der Waals surface area contributed by atoms with E-state index in [1.165, 1.54) is 0 Å². The molecule has 0 aliphatic carbocycles. The van der Waals surface area contributed by atoms with Crippen LogP contribution in [0.25, 0.3) is 0 Å². The minimum atomic E-state index is -2.82. The van der Waals surface area contributed by atoms with Gasteiger partial charge in [0.2, 0.25) is 0 Å². The molecule has 0 saturated heterocycles. The van der Waals surface area contributed by atoms with Gasteiger partial charge >= 0.3 is 34.7 Å². The van der Waals surface area contributed by atoms with Crippen molar-refractivity contribution in [3.05, 3.63) is 0 Å². The Kier molecular flexibility index (Phi) is 20.1. The predicted molar refractivity (Wildman–Crippen MR) is 171 cm³/mol. The van der Waals surface area contributed by atoms with Gasteiger partial charge in [-0.25, -0.2) is 0 Å². The largest absolute Gasteiger partial charge is 0.500 e. The van der Waals surface area contributed by atoms with Crippen LogP contribution in [0.1, 0.15) is 33.6 Å². The van der Waals surface area contributed by atoms with Gasteiger partial charge in [-0.3, -0.25) is 0 Å². The van der Waals surface area contributed by atoms with Gasteiger partial charge in [0.05, 0.1) is 12.7 Å². The molecule has 0 radical (unpaired) electrons. The lowest BCUT2D eigenvalue weighted by Gasteiger charge is -2.41. The third-order valence-corrected chi connectivity index (χ3v) is 22.9. The molecule has 2 atom stereocenters. The number of hydrogen-bond acceptors (Lipinski definition) is 11. The Balaban J connectivity index is 4.67. The number of ether oxygens (including phenoxy) is 1. The van der Waals surface area contributed by atoms with Crippen molar-refractivity contribution in [1.29, 1.82) is 0 Å². The fourth-order valence-corrected chi connectivity index (χ4v) is 23.8. The van der Waals surface area contributed by atoms with E-state index in [1.807, 2.05) is 27.3 Å². The summed E-state index contributed by atoms with van der Waals surface area (Å²) < 4.78 is 54.3. The smallest absolute Gasteiger partial charge is 0.437 e. The highest BCUT2D eigenvalue weighted by Gasteiger charge is 2.48. The van der Waals surface area contributed by atoms with E-state index in [0.29, 0.717) is 39.0 Å². The maximum Gasteiger partial charge on any atom is 0.500 e. The lowest BCUT2D eigenvalue weighted by atomic mass is 10.3. The van der Waals surface area contributed by atoms with E-state index in [9.17, 15) is 5.11 Å². The maximum atomic E-state index is 10.4.